The zero-order chi connectivity index (χ0) is 21.1. The SMILES string of the molecule is COc1cccc(-c2cc(C(C)C)c(=O)n(-c3cccc(N4CCOCC4)c3)n2)c1. The van der Waals surface area contributed by atoms with Crippen LogP contribution in [0.15, 0.2) is 59.4 Å². The van der Waals surface area contributed by atoms with Crippen LogP contribution in [0.1, 0.15) is 25.3 Å². The first kappa shape index (κ1) is 20.2. The first-order chi connectivity index (χ1) is 14.6. The molecular weight excluding hydrogens is 378 g/mol. The highest BCUT2D eigenvalue weighted by Crippen LogP contribution is 2.25. The average Bonchev–Trinajstić information content (AvgIpc) is 2.79. The van der Waals surface area contributed by atoms with Crippen molar-refractivity contribution in [1.82, 2.24) is 9.78 Å². The smallest absolute Gasteiger partial charge is 0.274 e. The van der Waals surface area contributed by atoms with Crippen LogP contribution in [0.5, 0.6) is 5.75 Å². The summed E-state index contributed by atoms with van der Waals surface area (Å²) in [6.45, 7) is 7.16. The van der Waals surface area contributed by atoms with Crippen LogP contribution in [0.2, 0.25) is 0 Å². The van der Waals surface area contributed by atoms with Crippen molar-refractivity contribution in [3.05, 3.63) is 70.5 Å². The molecule has 0 radical (unpaired) electrons. The van der Waals surface area contributed by atoms with Gasteiger partial charge in [-0.25, -0.2) is 0 Å². The van der Waals surface area contributed by atoms with Gasteiger partial charge in [-0.1, -0.05) is 32.0 Å². The van der Waals surface area contributed by atoms with Crippen LogP contribution in [0.4, 0.5) is 5.69 Å². The van der Waals surface area contributed by atoms with Crippen molar-refractivity contribution in [3.8, 4) is 22.7 Å². The van der Waals surface area contributed by atoms with E-state index in [-0.39, 0.29) is 11.5 Å². The van der Waals surface area contributed by atoms with Gasteiger partial charge in [-0.15, -0.1) is 0 Å². The zero-order valence-corrected chi connectivity index (χ0v) is 17.7. The Kier molecular flexibility index (Phi) is 5.86. The summed E-state index contributed by atoms with van der Waals surface area (Å²) in [4.78, 5) is 15.5. The molecule has 1 fully saturated rings. The normalized spacial score (nSPS) is 14.2. The highest BCUT2D eigenvalue weighted by molar-refractivity contribution is 5.62. The summed E-state index contributed by atoms with van der Waals surface area (Å²) >= 11 is 0. The minimum atomic E-state index is -0.0872. The zero-order valence-electron chi connectivity index (χ0n) is 17.7. The van der Waals surface area contributed by atoms with Crippen molar-refractivity contribution in [2.75, 3.05) is 38.3 Å². The molecule has 30 heavy (non-hydrogen) atoms. The molecule has 3 aromatic rings. The Morgan fingerprint density at radius 2 is 1.73 bits per heavy atom. The third-order valence-electron chi connectivity index (χ3n) is 5.38. The van der Waals surface area contributed by atoms with Crippen molar-refractivity contribution in [1.29, 1.82) is 0 Å². The maximum Gasteiger partial charge on any atom is 0.274 e. The van der Waals surface area contributed by atoms with Crippen molar-refractivity contribution in [3.63, 3.8) is 0 Å². The monoisotopic (exact) mass is 405 g/mol. The number of hydrogen-bond acceptors (Lipinski definition) is 5. The van der Waals surface area contributed by atoms with Crippen LogP contribution in [0, 0.1) is 0 Å². The number of benzene rings is 2. The van der Waals surface area contributed by atoms with E-state index in [1.807, 2.05) is 62.4 Å². The number of nitrogens with zero attached hydrogens (tertiary/aromatic N) is 3. The summed E-state index contributed by atoms with van der Waals surface area (Å²) in [7, 11) is 1.64. The summed E-state index contributed by atoms with van der Waals surface area (Å²) in [6.07, 6.45) is 0. The minimum absolute atomic E-state index is 0.0820. The van der Waals surface area contributed by atoms with E-state index in [0.29, 0.717) is 13.2 Å². The Bertz CT molecular complexity index is 1090. The molecule has 0 amide bonds. The van der Waals surface area contributed by atoms with Crippen LogP contribution in [-0.2, 0) is 4.74 Å². The Labute approximate surface area is 176 Å². The fourth-order valence-electron chi connectivity index (χ4n) is 3.67. The van der Waals surface area contributed by atoms with E-state index in [0.717, 1.165) is 47.0 Å². The van der Waals surface area contributed by atoms with E-state index in [4.69, 9.17) is 14.6 Å². The van der Waals surface area contributed by atoms with Crippen LogP contribution in [-0.4, -0.2) is 43.2 Å². The van der Waals surface area contributed by atoms with Gasteiger partial charge in [0.25, 0.3) is 5.56 Å². The van der Waals surface area contributed by atoms with Gasteiger partial charge in [0, 0.05) is 29.9 Å². The van der Waals surface area contributed by atoms with Crippen molar-refractivity contribution >= 4 is 5.69 Å². The summed E-state index contributed by atoms with van der Waals surface area (Å²) in [5.41, 5.74) is 4.14. The van der Waals surface area contributed by atoms with E-state index in [1.54, 1.807) is 7.11 Å². The lowest BCUT2D eigenvalue weighted by Crippen LogP contribution is -2.36. The molecule has 2 heterocycles. The molecule has 6 nitrogen and oxygen atoms in total. The first-order valence-corrected chi connectivity index (χ1v) is 10.3. The molecule has 1 aromatic heterocycles. The van der Waals surface area contributed by atoms with Gasteiger partial charge in [-0.2, -0.15) is 9.78 Å². The second-order valence-corrected chi connectivity index (χ2v) is 7.71. The molecular formula is C24H27N3O3. The molecule has 0 N–H and O–H groups in total. The van der Waals surface area contributed by atoms with Gasteiger partial charge in [0.2, 0.25) is 0 Å². The molecule has 6 heteroatoms. The largest absolute Gasteiger partial charge is 0.497 e. The average molecular weight is 405 g/mol. The van der Waals surface area contributed by atoms with Gasteiger partial charge in [-0.05, 0) is 42.3 Å². The van der Waals surface area contributed by atoms with Crippen LogP contribution in [0.3, 0.4) is 0 Å². The van der Waals surface area contributed by atoms with Gasteiger partial charge in [0.05, 0.1) is 31.7 Å². The van der Waals surface area contributed by atoms with Gasteiger partial charge in [-0.3, -0.25) is 4.79 Å². The lowest BCUT2D eigenvalue weighted by atomic mass is 10.0. The Morgan fingerprint density at radius 1 is 1.00 bits per heavy atom. The van der Waals surface area contributed by atoms with Crippen LogP contribution < -0.4 is 15.2 Å². The molecule has 1 aliphatic rings. The maximum absolute atomic E-state index is 13.2. The quantitative estimate of drug-likeness (QED) is 0.645. The third kappa shape index (κ3) is 4.09. The molecule has 0 saturated carbocycles. The Hall–Kier alpha value is -3.12. The van der Waals surface area contributed by atoms with Crippen LogP contribution in [0.25, 0.3) is 16.9 Å². The molecule has 1 saturated heterocycles. The second kappa shape index (κ2) is 8.71. The fourth-order valence-corrected chi connectivity index (χ4v) is 3.67. The maximum atomic E-state index is 13.2. The fraction of sp³-hybridized carbons (Fsp3) is 0.333. The molecule has 0 aliphatic carbocycles. The van der Waals surface area contributed by atoms with E-state index in [2.05, 4.69) is 11.0 Å². The van der Waals surface area contributed by atoms with E-state index >= 15 is 0 Å². The number of aromatic nitrogens is 2. The van der Waals surface area contributed by atoms with Gasteiger partial charge >= 0.3 is 0 Å². The van der Waals surface area contributed by atoms with E-state index < -0.39 is 0 Å². The number of anilines is 1. The lowest BCUT2D eigenvalue weighted by molar-refractivity contribution is 0.122. The number of morpholine rings is 1. The highest BCUT2D eigenvalue weighted by Gasteiger charge is 2.16. The molecule has 156 valence electrons. The highest BCUT2D eigenvalue weighted by atomic mass is 16.5. The van der Waals surface area contributed by atoms with Crippen molar-refractivity contribution in [2.24, 2.45) is 0 Å². The second-order valence-electron chi connectivity index (χ2n) is 7.71. The van der Waals surface area contributed by atoms with Crippen LogP contribution >= 0.6 is 0 Å². The van der Waals surface area contributed by atoms with Gasteiger partial charge in [0.1, 0.15) is 5.75 Å². The first-order valence-electron chi connectivity index (χ1n) is 10.3. The van der Waals surface area contributed by atoms with E-state index in [9.17, 15) is 4.79 Å². The number of rotatable bonds is 5. The molecule has 0 bridgehead atoms. The summed E-state index contributed by atoms with van der Waals surface area (Å²) in [5.74, 6) is 0.839. The minimum Gasteiger partial charge on any atom is -0.497 e. The van der Waals surface area contributed by atoms with Crippen molar-refractivity contribution < 1.29 is 9.47 Å². The Balaban J connectivity index is 1.83. The number of methoxy groups -OCH3 is 1. The standard InChI is InChI=1S/C24H27N3O3/c1-17(2)22-16-23(18-6-4-9-21(14-18)29-3)25-27(24(22)28)20-8-5-7-19(15-20)26-10-12-30-13-11-26/h4-9,14-17H,10-13H2,1-3H3. The third-order valence-corrected chi connectivity index (χ3v) is 5.38. The number of ether oxygens (including phenoxy) is 2. The predicted molar refractivity (Wildman–Crippen MR) is 119 cm³/mol. The van der Waals surface area contributed by atoms with E-state index in [1.165, 1.54) is 4.68 Å². The van der Waals surface area contributed by atoms with Gasteiger partial charge < -0.3 is 14.4 Å². The van der Waals surface area contributed by atoms with Gasteiger partial charge in [0.15, 0.2) is 0 Å². The van der Waals surface area contributed by atoms with Crippen molar-refractivity contribution in [2.45, 2.75) is 19.8 Å². The molecule has 0 unspecified atom stereocenters. The molecule has 1 aliphatic heterocycles. The molecule has 4 rings (SSSR count). The summed E-state index contributed by atoms with van der Waals surface area (Å²) in [6, 6.07) is 17.6. The molecule has 0 atom stereocenters. The topological polar surface area (TPSA) is 56.6 Å². The molecule has 2 aromatic carbocycles. The summed E-state index contributed by atoms with van der Waals surface area (Å²) in [5, 5.41) is 4.72. The molecule has 0 spiro atoms. The lowest BCUT2D eigenvalue weighted by Gasteiger charge is -2.29. The summed E-state index contributed by atoms with van der Waals surface area (Å²) < 4.78 is 12.3. The Morgan fingerprint density at radius 3 is 2.47 bits per heavy atom. The number of hydrogen-bond donors (Lipinski definition) is 0. The predicted octanol–water partition coefficient (Wildman–Crippen LogP) is 3.87.